The molecule has 0 saturated carbocycles. The minimum Gasteiger partial charge on any atom is -0.497 e. The van der Waals surface area contributed by atoms with E-state index in [1.54, 1.807) is 7.11 Å². The Labute approximate surface area is 144 Å². The van der Waals surface area contributed by atoms with Gasteiger partial charge in [0.05, 0.1) is 13.2 Å². The second-order valence-corrected chi connectivity index (χ2v) is 6.63. The lowest BCUT2D eigenvalue weighted by atomic mass is 9.94. The highest BCUT2D eigenvalue weighted by Gasteiger charge is 2.30. The summed E-state index contributed by atoms with van der Waals surface area (Å²) in [6, 6.07) is 14.0. The van der Waals surface area contributed by atoms with Gasteiger partial charge in [-0.2, -0.15) is 0 Å². The molecule has 3 aromatic rings. The van der Waals surface area contributed by atoms with Crippen molar-refractivity contribution in [3.63, 3.8) is 0 Å². The van der Waals surface area contributed by atoms with Crippen LogP contribution in [0.1, 0.15) is 22.9 Å². The van der Waals surface area contributed by atoms with E-state index in [4.69, 9.17) is 28.1 Å². The lowest BCUT2D eigenvalue weighted by Crippen LogP contribution is -2.28. The smallest absolute Gasteiger partial charge is 0.118 e. The number of ether oxygens (including phenoxy) is 1. The normalized spacial score (nSPS) is 18.1. The van der Waals surface area contributed by atoms with Crippen LogP contribution in [0, 0.1) is 0 Å². The Morgan fingerprint density at radius 1 is 1.17 bits per heavy atom. The Morgan fingerprint density at radius 3 is 2.70 bits per heavy atom. The van der Waals surface area contributed by atoms with E-state index in [-0.39, 0.29) is 6.04 Å². The van der Waals surface area contributed by atoms with Crippen LogP contribution in [0.15, 0.2) is 42.5 Å². The van der Waals surface area contributed by atoms with Crippen LogP contribution in [0.25, 0.3) is 10.9 Å². The Balaban J connectivity index is 1.86. The molecule has 118 valence electrons. The van der Waals surface area contributed by atoms with E-state index < -0.39 is 0 Å². The zero-order chi connectivity index (χ0) is 16.0. The fourth-order valence-corrected chi connectivity index (χ4v) is 3.81. The fourth-order valence-electron chi connectivity index (χ4n) is 3.35. The van der Waals surface area contributed by atoms with Crippen LogP contribution >= 0.6 is 23.4 Å². The van der Waals surface area contributed by atoms with Crippen molar-refractivity contribution < 1.29 is 4.74 Å². The minimum absolute atomic E-state index is 0.00232. The molecule has 0 saturated heterocycles. The Hall–Kier alpha value is -1.68. The van der Waals surface area contributed by atoms with Crippen LogP contribution in [0.2, 0.25) is 5.02 Å². The molecule has 2 heterocycles. The summed E-state index contributed by atoms with van der Waals surface area (Å²) in [4.78, 5) is 3.53. The van der Waals surface area contributed by atoms with Crippen molar-refractivity contribution in [3.05, 3.63) is 64.3 Å². The molecule has 0 bridgehead atoms. The van der Waals surface area contributed by atoms with E-state index in [9.17, 15) is 0 Å². The maximum atomic E-state index is 6.53. The summed E-state index contributed by atoms with van der Waals surface area (Å²) in [7, 11) is 1.67. The van der Waals surface area contributed by atoms with Crippen LogP contribution in [0.4, 0.5) is 0 Å². The molecular formula is C18H16Cl2N2O. The van der Waals surface area contributed by atoms with Crippen molar-refractivity contribution in [3.8, 4) is 5.75 Å². The van der Waals surface area contributed by atoms with E-state index in [1.165, 1.54) is 10.9 Å². The monoisotopic (exact) mass is 346 g/mol. The zero-order valence-electron chi connectivity index (χ0n) is 12.6. The van der Waals surface area contributed by atoms with Crippen LogP contribution in [0.3, 0.4) is 0 Å². The number of nitrogens with zero attached hydrogens (tertiary/aromatic N) is 1. The zero-order valence-corrected chi connectivity index (χ0v) is 14.2. The van der Waals surface area contributed by atoms with Crippen molar-refractivity contribution in [2.75, 3.05) is 13.7 Å². The molecule has 1 aliphatic heterocycles. The molecule has 1 unspecified atom stereocenters. The van der Waals surface area contributed by atoms with Crippen molar-refractivity contribution in [1.82, 2.24) is 9.40 Å². The molecule has 0 amide bonds. The third-order valence-corrected chi connectivity index (χ3v) is 5.06. The predicted molar refractivity (Wildman–Crippen MR) is 94.4 cm³/mol. The molecule has 0 radical (unpaired) electrons. The van der Waals surface area contributed by atoms with Crippen LogP contribution < -0.4 is 4.74 Å². The number of aromatic nitrogens is 1. The molecule has 0 aliphatic carbocycles. The highest BCUT2D eigenvalue weighted by molar-refractivity contribution is 6.31. The topological polar surface area (TPSA) is 28.3 Å². The van der Waals surface area contributed by atoms with Crippen molar-refractivity contribution in [2.24, 2.45) is 0 Å². The number of halogens is 2. The highest BCUT2D eigenvalue weighted by Crippen LogP contribution is 2.40. The van der Waals surface area contributed by atoms with Gasteiger partial charge >= 0.3 is 0 Å². The number of hydrogen-bond acceptors (Lipinski definition) is 2. The summed E-state index contributed by atoms with van der Waals surface area (Å²) < 4.78 is 7.11. The van der Waals surface area contributed by atoms with Gasteiger partial charge in [0.15, 0.2) is 0 Å². The number of hydrogen-bond donors (Lipinski definition) is 1. The molecule has 1 aliphatic rings. The summed E-state index contributed by atoms with van der Waals surface area (Å²) >= 11 is 12.7. The van der Waals surface area contributed by atoms with Gasteiger partial charge in [-0.05, 0) is 59.7 Å². The Bertz CT molecular complexity index is 857. The van der Waals surface area contributed by atoms with Crippen molar-refractivity contribution in [2.45, 2.75) is 12.5 Å². The number of benzene rings is 2. The summed E-state index contributed by atoms with van der Waals surface area (Å²) in [6.07, 6.45) is 0.909. The first kappa shape index (κ1) is 14.9. The predicted octanol–water partition coefficient (Wildman–Crippen LogP) is 4.93. The molecule has 0 spiro atoms. The summed E-state index contributed by atoms with van der Waals surface area (Å²) in [5.41, 5.74) is 4.69. The first-order chi connectivity index (χ1) is 11.2. The minimum atomic E-state index is -0.00232. The maximum Gasteiger partial charge on any atom is 0.118 e. The van der Waals surface area contributed by atoms with E-state index in [0.717, 1.165) is 40.5 Å². The first-order valence-corrected chi connectivity index (χ1v) is 8.25. The number of aromatic amines is 1. The van der Waals surface area contributed by atoms with Gasteiger partial charge in [-0.3, -0.25) is 0 Å². The van der Waals surface area contributed by atoms with E-state index in [2.05, 4.69) is 17.1 Å². The SMILES string of the molecule is COc1ccc(C2c3[nH]c4ccc(Cl)cc4c3CCN2Cl)cc1. The molecular weight excluding hydrogens is 331 g/mol. The van der Waals surface area contributed by atoms with Gasteiger partial charge in [0.2, 0.25) is 0 Å². The molecule has 1 atom stereocenters. The highest BCUT2D eigenvalue weighted by atomic mass is 35.5. The van der Waals surface area contributed by atoms with Gasteiger partial charge in [0.1, 0.15) is 5.75 Å². The number of nitrogens with one attached hydrogen (secondary N) is 1. The maximum absolute atomic E-state index is 6.53. The van der Waals surface area contributed by atoms with Gasteiger partial charge in [-0.1, -0.05) is 23.7 Å². The van der Waals surface area contributed by atoms with Crippen LogP contribution in [-0.4, -0.2) is 23.1 Å². The number of methoxy groups -OCH3 is 1. The molecule has 4 rings (SSSR count). The van der Waals surface area contributed by atoms with E-state index in [0.29, 0.717) is 0 Å². The fraction of sp³-hybridized carbons (Fsp3) is 0.222. The first-order valence-electron chi connectivity index (χ1n) is 7.54. The molecule has 2 aromatic carbocycles. The van der Waals surface area contributed by atoms with Gasteiger partial charge in [-0.25, -0.2) is 4.42 Å². The van der Waals surface area contributed by atoms with Gasteiger partial charge in [0.25, 0.3) is 0 Å². The van der Waals surface area contributed by atoms with Gasteiger partial charge < -0.3 is 9.72 Å². The van der Waals surface area contributed by atoms with Crippen LogP contribution in [-0.2, 0) is 6.42 Å². The number of H-pyrrole nitrogens is 1. The Morgan fingerprint density at radius 2 is 1.96 bits per heavy atom. The molecule has 0 fully saturated rings. The number of rotatable bonds is 2. The lowest BCUT2D eigenvalue weighted by Gasteiger charge is -2.30. The standard InChI is InChI=1S/C18H16Cl2N2O/c1-23-13-5-2-11(3-6-13)18-17-14(8-9-22(18)20)15-10-12(19)4-7-16(15)21-17/h2-7,10,18,21H,8-9H2,1H3. The van der Waals surface area contributed by atoms with Crippen LogP contribution in [0.5, 0.6) is 5.75 Å². The van der Waals surface area contributed by atoms with E-state index in [1.807, 2.05) is 34.8 Å². The second kappa shape index (κ2) is 5.75. The molecule has 3 nitrogen and oxygen atoms in total. The average molecular weight is 347 g/mol. The second-order valence-electron chi connectivity index (χ2n) is 5.76. The Kier molecular flexibility index (Phi) is 3.72. The molecule has 5 heteroatoms. The number of fused-ring (bicyclic) bond motifs is 3. The third-order valence-electron chi connectivity index (χ3n) is 4.46. The average Bonchev–Trinajstić information content (AvgIpc) is 2.92. The molecule has 1 N–H and O–H groups in total. The summed E-state index contributed by atoms with van der Waals surface area (Å²) in [5.74, 6) is 0.842. The largest absolute Gasteiger partial charge is 0.497 e. The summed E-state index contributed by atoms with van der Waals surface area (Å²) in [5, 5.41) is 1.95. The van der Waals surface area contributed by atoms with Gasteiger partial charge in [0, 0.05) is 28.2 Å². The van der Waals surface area contributed by atoms with Crippen molar-refractivity contribution in [1.29, 1.82) is 0 Å². The van der Waals surface area contributed by atoms with Gasteiger partial charge in [-0.15, -0.1) is 0 Å². The lowest BCUT2D eigenvalue weighted by molar-refractivity contribution is 0.364. The third kappa shape index (κ3) is 2.49. The van der Waals surface area contributed by atoms with E-state index >= 15 is 0 Å². The quantitative estimate of drug-likeness (QED) is 0.666. The summed E-state index contributed by atoms with van der Waals surface area (Å²) in [6.45, 7) is 0.796. The molecule has 1 aromatic heterocycles. The van der Waals surface area contributed by atoms with Crippen molar-refractivity contribution >= 4 is 34.3 Å². The molecule has 23 heavy (non-hydrogen) atoms.